The van der Waals surface area contributed by atoms with Crippen LogP contribution in [0.4, 0.5) is 26.3 Å². The second kappa shape index (κ2) is 1.70. The normalized spacial score (nSPS) is 31.3. The summed E-state index contributed by atoms with van der Waals surface area (Å²) in [4.78, 5) is -2.19. The van der Waals surface area contributed by atoms with Crippen molar-refractivity contribution < 1.29 is 26.3 Å². The summed E-state index contributed by atoms with van der Waals surface area (Å²) in [5.41, 5.74) is 0. The molecule has 64 valence electrons. The average molecular weight is 194 g/mol. The van der Waals surface area contributed by atoms with Crippen LogP contribution >= 0.6 is 12.2 Å². The molecular formula is C4F6S. The molecule has 0 aliphatic heterocycles. The number of hydrogen-bond donors (Lipinski definition) is 0. The van der Waals surface area contributed by atoms with Gasteiger partial charge in [-0.15, -0.1) is 0 Å². The third-order valence-electron chi connectivity index (χ3n) is 1.36. The van der Waals surface area contributed by atoms with E-state index in [-0.39, 0.29) is 0 Å². The molecule has 1 saturated carbocycles. The first-order valence-corrected chi connectivity index (χ1v) is 2.75. The molecule has 0 radical (unpaired) electrons. The third kappa shape index (κ3) is 0.646. The molecule has 0 N–H and O–H groups in total. The van der Waals surface area contributed by atoms with Crippen LogP contribution in [-0.4, -0.2) is 22.6 Å². The van der Waals surface area contributed by atoms with E-state index in [0.717, 1.165) is 0 Å². The van der Waals surface area contributed by atoms with E-state index >= 15 is 0 Å². The van der Waals surface area contributed by atoms with E-state index in [1.807, 2.05) is 0 Å². The lowest BCUT2D eigenvalue weighted by atomic mass is 9.84. The van der Waals surface area contributed by atoms with E-state index in [0.29, 0.717) is 0 Å². The van der Waals surface area contributed by atoms with Crippen LogP contribution in [0.25, 0.3) is 0 Å². The quantitative estimate of drug-likeness (QED) is 0.421. The molecule has 0 spiro atoms. The van der Waals surface area contributed by atoms with E-state index < -0.39 is 22.6 Å². The van der Waals surface area contributed by atoms with Crippen molar-refractivity contribution in [1.82, 2.24) is 0 Å². The van der Waals surface area contributed by atoms with E-state index in [4.69, 9.17) is 0 Å². The maximum absolute atomic E-state index is 11.8. The standard InChI is InChI=1S/C4F6S/c5-2(6)1(11)3(7,8)4(2,9)10. The van der Waals surface area contributed by atoms with Gasteiger partial charge in [-0.1, -0.05) is 12.2 Å². The lowest BCUT2D eigenvalue weighted by Crippen LogP contribution is -2.74. The summed E-state index contributed by atoms with van der Waals surface area (Å²) in [5, 5.41) is 0. The van der Waals surface area contributed by atoms with Crippen LogP contribution in [0, 0.1) is 0 Å². The second-order valence-electron chi connectivity index (χ2n) is 2.05. The Hall–Kier alpha value is -0.330. The van der Waals surface area contributed by atoms with Gasteiger partial charge in [0.2, 0.25) is 0 Å². The molecule has 0 atom stereocenters. The molecule has 0 heterocycles. The summed E-state index contributed by atoms with van der Waals surface area (Å²) < 4.78 is 70.8. The Morgan fingerprint density at radius 2 is 1.09 bits per heavy atom. The van der Waals surface area contributed by atoms with Gasteiger partial charge in [0.25, 0.3) is 0 Å². The van der Waals surface area contributed by atoms with Crippen molar-refractivity contribution in [3.05, 3.63) is 0 Å². The minimum absolute atomic E-state index is 2.19. The fourth-order valence-corrected chi connectivity index (χ4v) is 0.873. The maximum atomic E-state index is 11.8. The van der Waals surface area contributed by atoms with Gasteiger partial charge in [-0.2, -0.15) is 26.3 Å². The minimum Gasteiger partial charge on any atom is -0.193 e. The predicted molar refractivity (Wildman–Crippen MR) is 27.4 cm³/mol. The van der Waals surface area contributed by atoms with Gasteiger partial charge in [0.15, 0.2) is 0 Å². The average Bonchev–Trinajstić information content (AvgIpc) is 1.84. The predicted octanol–water partition coefficient (Wildman–Crippen LogP) is 2.28. The largest absolute Gasteiger partial charge is 0.382 e. The Morgan fingerprint density at radius 1 is 0.818 bits per heavy atom. The molecule has 1 aliphatic rings. The lowest BCUT2D eigenvalue weighted by Gasteiger charge is -2.43. The summed E-state index contributed by atoms with van der Waals surface area (Å²) >= 11 is 3.42. The van der Waals surface area contributed by atoms with Crippen molar-refractivity contribution in [2.75, 3.05) is 0 Å². The van der Waals surface area contributed by atoms with Gasteiger partial charge in [0.05, 0.1) is 0 Å². The number of hydrogen-bond acceptors (Lipinski definition) is 1. The molecule has 1 fully saturated rings. The Kier molecular flexibility index (Phi) is 1.36. The SMILES string of the molecule is FC1(F)C(=S)C(F)(F)C1(F)F. The van der Waals surface area contributed by atoms with Gasteiger partial charge in [-0.05, 0) is 0 Å². The smallest absolute Gasteiger partial charge is 0.193 e. The van der Waals surface area contributed by atoms with Crippen LogP contribution in [0.5, 0.6) is 0 Å². The van der Waals surface area contributed by atoms with Crippen LogP contribution in [-0.2, 0) is 0 Å². The first-order valence-electron chi connectivity index (χ1n) is 2.34. The van der Waals surface area contributed by atoms with Gasteiger partial charge in [0.1, 0.15) is 4.86 Å². The molecule has 0 aromatic heterocycles. The highest BCUT2D eigenvalue weighted by Gasteiger charge is 2.88. The maximum Gasteiger partial charge on any atom is 0.382 e. The summed E-state index contributed by atoms with van der Waals surface area (Å²) in [6.45, 7) is 0. The van der Waals surface area contributed by atoms with Gasteiger partial charge in [-0.3, -0.25) is 0 Å². The van der Waals surface area contributed by atoms with E-state index in [2.05, 4.69) is 12.2 Å². The Bertz CT molecular complexity index is 199. The Labute approximate surface area is 62.2 Å². The molecule has 1 rings (SSSR count). The van der Waals surface area contributed by atoms with Crippen molar-refractivity contribution in [3.63, 3.8) is 0 Å². The van der Waals surface area contributed by atoms with Crippen LogP contribution in [0.3, 0.4) is 0 Å². The van der Waals surface area contributed by atoms with Gasteiger partial charge in [-0.25, -0.2) is 0 Å². The molecule has 11 heavy (non-hydrogen) atoms. The van der Waals surface area contributed by atoms with Crippen LogP contribution in [0.2, 0.25) is 0 Å². The van der Waals surface area contributed by atoms with E-state index in [9.17, 15) is 26.3 Å². The molecule has 0 bridgehead atoms. The number of thiocarbonyl (C=S) groups is 1. The van der Waals surface area contributed by atoms with E-state index in [1.165, 1.54) is 0 Å². The first-order chi connectivity index (χ1) is 4.65. The highest BCUT2D eigenvalue weighted by atomic mass is 32.1. The molecular weight excluding hydrogens is 194 g/mol. The zero-order chi connectivity index (χ0) is 9.08. The number of alkyl halides is 6. The van der Waals surface area contributed by atoms with Crippen molar-refractivity contribution in [3.8, 4) is 0 Å². The molecule has 0 amide bonds. The molecule has 0 aromatic carbocycles. The molecule has 1 aliphatic carbocycles. The first kappa shape index (κ1) is 8.76. The summed E-state index contributed by atoms with van der Waals surface area (Å²) in [6.07, 6.45) is 0. The van der Waals surface area contributed by atoms with E-state index in [1.54, 1.807) is 0 Å². The lowest BCUT2D eigenvalue weighted by molar-refractivity contribution is -0.302. The monoisotopic (exact) mass is 194 g/mol. The van der Waals surface area contributed by atoms with Gasteiger partial charge in [0, 0.05) is 0 Å². The zero-order valence-electron chi connectivity index (χ0n) is 4.68. The topological polar surface area (TPSA) is 0 Å². The van der Waals surface area contributed by atoms with Crippen molar-refractivity contribution in [2.45, 2.75) is 17.8 Å². The van der Waals surface area contributed by atoms with Crippen molar-refractivity contribution in [1.29, 1.82) is 0 Å². The van der Waals surface area contributed by atoms with Crippen molar-refractivity contribution in [2.24, 2.45) is 0 Å². The Morgan fingerprint density at radius 3 is 1.18 bits per heavy atom. The summed E-state index contributed by atoms with van der Waals surface area (Å²) in [6, 6.07) is 0. The van der Waals surface area contributed by atoms with Crippen molar-refractivity contribution >= 4 is 17.1 Å². The number of rotatable bonds is 0. The van der Waals surface area contributed by atoms with Crippen LogP contribution < -0.4 is 0 Å². The van der Waals surface area contributed by atoms with Crippen LogP contribution in [0.1, 0.15) is 0 Å². The van der Waals surface area contributed by atoms with Crippen LogP contribution in [0.15, 0.2) is 0 Å². The summed E-state index contributed by atoms with van der Waals surface area (Å²) in [5.74, 6) is -15.0. The molecule has 0 saturated heterocycles. The molecule has 0 aromatic rings. The van der Waals surface area contributed by atoms with Gasteiger partial charge >= 0.3 is 17.8 Å². The molecule has 0 nitrogen and oxygen atoms in total. The molecule has 0 unspecified atom stereocenters. The highest BCUT2D eigenvalue weighted by molar-refractivity contribution is 7.81. The minimum atomic E-state index is -5.32. The third-order valence-corrected chi connectivity index (χ3v) is 1.87. The second-order valence-corrected chi connectivity index (χ2v) is 2.46. The highest BCUT2D eigenvalue weighted by Crippen LogP contribution is 2.58. The number of halogens is 6. The summed E-state index contributed by atoms with van der Waals surface area (Å²) in [7, 11) is 0. The Balaban J connectivity index is 3.08. The fourth-order valence-electron chi connectivity index (χ4n) is 0.617. The zero-order valence-corrected chi connectivity index (χ0v) is 5.49. The molecule has 7 heteroatoms. The fraction of sp³-hybridized carbons (Fsp3) is 0.750. The van der Waals surface area contributed by atoms with Gasteiger partial charge < -0.3 is 0 Å².